The van der Waals surface area contributed by atoms with Crippen molar-refractivity contribution in [2.45, 2.75) is 138 Å². The molecule has 0 amide bonds. The predicted octanol–water partition coefficient (Wildman–Crippen LogP) is 10.3. The molecule has 8 bridgehead atoms. The van der Waals surface area contributed by atoms with Gasteiger partial charge in [-0.2, -0.15) is 0 Å². The van der Waals surface area contributed by atoms with Gasteiger partial charge in [0.15, 0.2) is 0 Å². The number of hydrogen-bond donors (Lipinski definition) is 4. The lowest BCUT2D eigenvalue weighted by Crippen LogP contribution is -2.18. The van der Waals surface area contributed by atoms with Crippen molar-refractivity contribution >= 4 is 23.9 Å². The van der Waals surface area contributed by atoms with E-state index >= 15 is 0 Å². The van der Waals surface area contributed by atoms with Crippen LogP contribution in [0.15, 0.2) is 97.1 Å². The van der Waals surface area contributed by atoms with Gasteiger partial charge in [-0.25, -0.2) is 19.2 Å². The van der Waals surface area contributed by atoms with Crippen LogP contribution in [-0.4, -0.2) is 124 Å². The number of ether oxygens (including phenoxy) is 8. The van der Waals surface area contributed by atoms with Crippen LogP contribution in [0.4, 0.5) is 0 Å². The number of carbonyl (C=O) groups is 4. The quantitative estimate of drug-likeness (QED) is 0.0127. The van der Waals surface area contributed by atoms with Crippen molar-refractivity contribution in [3.63, 3.8) is 0 Å². The lowest BCUT2D eigenvalue weighted by atomic mass is 9.87. The van der Waals surface area contributed by atoms with Crippen molar-refractivity contribution in [1.29, 1.82) is 0 Å². The lowest BCUT2D eigenvalue weighted by molar-refractivity contribution is -0.141. The highest BCUT2D eigenvalue weighted by Gasteiger charge is 2.26. The number of esters is 4. The SMILES string of the molecule is C.C=C(CO)C(=O)OCCOc1c2cc(CCCC)cc1Cc1cc(CCCC)cc(c1OCCOC(=O)C(=C)CO)Cc1cc(CCCC)cc(c1OCCOC(=O)C(=C)CO)Cc1cc(CCCC)cc(c1OCCOC(=O)C(=C)CO)C2. The molecule has 0 saturated heterocycles. The van der Waals surface area contributed by atoms with Crippen molar-refractivity contribution in [2.24, 2.45) is 0 Å². The fourth-order valence-electron chi connectivity index (χ4n) is 9.80. The van der Waals surface area contributed by atoms with E-state index < -0.39 is 50.3 Å². The van der Waals surface area contributed by atoms with E-state index in [1.165, 1.54) is 0 Å². The molecule has 0 radical (unpaired) electrons. The minimum atomic E-state index is -0.740. The molecule has 85 heavy (non-hydrogen) atoms. The van der Waals surface area contributed by atoms with E-state index in [2.05, 4.69) is 103 Å². The van der Waals surface area contributed by atoms with Crippen molar-refractivity contribution in [1.82, 2.24) is 0 Å². The average Bonchev–Trinajstić information content (AvgIpc) is 3.47. The van der Waals surface area contributed by atoms with Crippen LogP contribution >= 0.6 is 0 Å². The largest absolute Gasteiger partial charge is 0.489 e. The van der Waals surface area contributed by atoms with Crippen LogP contribution in [0.25, 0.3) is 0 Å². The number of carbonyl (C=O) groups excluding carboxylic acids is 4. The molecule has 0 saturated carbocycles. The maximum absolute atomic E-state index is 12.8. The van der Waals surface area contributed by atoms with Crippen molar-refractivity contribution < 1.29 is 77.5 Å². The van der Waals surface area contributed by atoms with Gasteiger partial charge in [0.05, 0.1) is 48.7 Å². The van der Waals surface area contributed by atoms with Crippen molar-refractivity contribution in [2.75, 3.05) is 79.3 Å². The second-order valence-corrected chi connectivity index (χ2v) is 21.1. The highest BCUT2D eigenvalue weighted by atomic mass is 16.6. The fraction of sp³-hybridized carbons (Fsp3) is 0.478. The van der Waals surface area contributed by atoms with Crippen molar-refractivity contribution in [3.05, 3.63) is 164 Å². The van der Waals surface area contributed by atoms with Crippen LogP contribution in [0.2, 0.25) is 0 Å². The normalized spacial score (nSPS) is 11.6. The number of aliphatic hydroxyl groups is 4. The van der Waals surface area contributed by atoms with E-state index in [1.807, 2.05) is 0 Å². The Labute approximate surface area is 503 Å². The van der Waals surface area contributed by atoms with Gasteiger partial charge in [-0.1, -0.05) is 136 Å². The smallest absolute Gasteiger partial charge is 0.335 e. The summed E-state index contributed by atoms with van der Waals surface area (Å²) in [6.07, 6.45) is 11.7. The summed E-state index contributed by atoms with van der Waals surface area (Å²) in [7, 11) is 0. The van der Waals surface area contributed by atoms with Gasteiger partial charge in [0.25, 0.3) is 0 Å². The predicted molar refractivity (Wildman–Crippen MR) is 329 cm³/mol. The first-order valence-corrected chi connectivity index (χ1v) is 29.5. The van der Waals surface area contributed by atoms with Gasteiger partial charge >= 0.3 is 23.9 Å². The Balaban J connectivity index is 0.0000155. The average molecular weight is 1180 g/mol. The molecule has 464 valence electrons. The third-order valence-corrected chi connectivity index (χ3v) is 14.2. The maximum Gasteiger partial charge on any atom is 0.335 e. The molecule has 0 spiro atoms. The molecule has 0 heterocycles. The van der Waals surface area contributed by atoms with Crippen LogP contribution in [0.3, 0.4) is 0 Å². The third kappa shape index (κ3) is 21.7. The first kappa shape index (κ1) is 70.2. The lowest BCUT2D eigenvalue weighted by Gasteiger charge is -2.25. The molecule has 0 fully saturated rings. The Hall–Kier alpha value is -7.24. The summed E-state index contributed by atoms with van der Waals surface area (Å²) in [5, 5.41) is 38.5. The molecule has 16 nitrogen and oxygen atoms in total. The van der Waals surface area contributed by atoms with Crippen LogP contribution < -0.4 is 18.9 Å². The highest BCUT2D eigenvalue weighted by Crippen LogP contribution is 2.42. The summed E-state index contributed by atoms with van der Waals surface area (Å²) in [4.78, 5) is 51.0. The Morgan fingerprint density at radius 3 is 0.671 bits per heavy atom. The highest BCUT2D eigenvalue weighted by molar-refractivity contribution is 5.89. The second-order valence-electron chi connectivity index (χ2n) is 21.1. The number of aliphatic hydroxyl groups excluding tert-OH is 4. The van der Waals surface area contributed by atoms with Gasteiger partial charge in [0, 0.05) is 25.7 Å². The summed E-state index contributed by atoms with van der Waals surface area (Å²) in [5.41, 5.74) is 10.6. The zero-order valence-corrected chi connectivity index (χ0v) is 49.9. The minimum absolute atomic E-state index is 0. The molecule has 4 N–H and O–H groups in total. The molecule has 16 heteroatoms. The Morgan fingerprint density at radius 2 is 0.518 bits per heavy atom. The molecule has 4 aromatic rings. The van der Waals surface area contributed by atoms with Crippen LogP contribution in [0.5, 0.6) is 23.0 Å². The molecule has 1 aliphatic carbocycles. The summed E-state index contributed by atoms with van der Waals surface area (Å²) >= 11 is 0. The first-order valence-electron chi connectivity index (χ1n) is 29.5. The molecule has 0 unspecified atom stereocenters. The van der Waals surface area contributed by atoms with Crippen LogP contribution in [0.1, 0.15) is 153 Å². The first-order chi connectivity index (χ1) is 40.6. The van der Waals surface area contributed by atoms with E-state index in [-0.39, 0.29) is 82.6 Å². The van der Waals surface area contributed by atoms with E-state index in [9.17, 15) is 39.6 Å². The number of hydrogen-bond acceptors (Lipinski definition) is 16. The van der Waals surface area contributed by atoms with Crippen molar-refractivity contribution in [3.8, 4) is 23.0 Å². The van der Waals surface area contributed by atoms with Gasteiger partial charge in [-0.15, -0.1) is 0 Å². The minimum Gasteiger partial charge on any atom is -0.489 e. The number of unbranched alkanes of at least 4 members (excludes halogenated alkanes) is 4. The van der Waals surface area contributed by atoms with E-state index in [4.69, 9.17) is 37.9 Å². The fourth-order valence-corrected chi connectivity index (χ4v) is 9.80. The van der Waals surface area contributed by atoms with Gasteiger partial charge in [-0.05, 0) is 118 Å². The Bertz CT molecular complexity index is 2430. The number of rotatable bonds is 36. The van der Waals surface area contributed by atoms with Gasteiger partial charge < -0.3 is 58.3 Å². The molecule has 0 aliphatic heterocycles. The maximum atomic E-state index is 12.8. The Kier molecular flexibility index (Phi) is 30.8. The second kappa shape index (κ2) is 37.2. The summed E-state index contributed by atoms with van der Waals surface area (Å²) in [6, 6.07) is 17.3. The standard InChI is InChI=1S/C68H88O16.CH4/c1-9-13-17-49-29-53-37-55-31-50(18-14-10-2)33-57(62(55)78-22-26-82-66(74)46(6)42-70)39-59-35-52(20-16-12-4)36-60(64(59)80-24-28-84-68(76)48(8)44-72)40-58-34-51(19-15-11-3)32-56(63(58)79-23-27-83-67(75)47(7)43-71)38-54(30-49)61(53)77-21-25-81-65(73)45(5)41-69;/h29-36,69-72H,5-28,37-44H2,1-4H3;1H4. The number of aryl methyl sites for hydroxylation is 4. The summed E-state index contributed by atoms with van der Waals surface area (Å²) in [5.74, 6) is -0.701. The number of benzene rings is 4. The molecule has 0 aromatic heterocycles. The molecule has 1 aliphatic rings. The molecule has 4 aromatic carbocycles. The molecule has 5 rings (SSSR count). The summed E-state index contributed by atoms with van der Waals surface area (Å²) < 4.78 is 49.5. The van der Waals surface area contributed by atoms with E-state index in [1.54, 1.807) is 0 Å². The zero-order chi connectivity index (χ0) is 61.0. The summed E-state index contributed by atoms with van der Waals surface area (Å²) in [6.45, 7) is 20.1. The Morgan fingerprint density at radius 1 is 0.341 bits per heavy atom. The van der Waals surface area contributed by atoms with E-state index in [0.29, 0.717) is 48.7 Å². The molecule has 0 atom stereocenters. The number of fused-ring (bicyclic) bond motifs is 8. The third-order valence-electron chi connectivity index (χ3n) is 14.2. The van der Waals surface area contributed by atoms with Gasteiger partial charge in [0.1, 0.15) is 75.9 Å². The topological polar surface area (TPSA) is 223 Å². The van der Waals surface area contributed by atoms with Gasteiger partial charge in [-0.3, -0.25) is 0 Å². The molecular formula is C69H92O16. The zero-order valence-electron chi connectivity index (χ0n) is 49.9. The van der Waals surface area contributed by atoms with Crippen LogP contribution in [0, 0.1) is 0 Å². The van der Waals surface area contributed by atoms with Crippen LogP contribution in [-0.2, 0) is 89.5 Å². The molecular weight excluding hydrogens is 1080 g/mol. The van der Waals surface area contributed by atoms with Gasteiger partial charge in [0.2, 0.25) is 0 Å². The monoisotopic (exact) mass is 1180 g/mol. The van der Waals surface area contributed by atoms with E-state index in [0.717, 1.165) is 144 Å².